The van der Waals surface area contributed by atoms with Gasteiger partial charge in [0.2, 0.25) is 0 Å². The van der Waals surface area contributed by atoms with E-state index in [2.05, 4.69) is 4.98 Å². The minimum absolute atomic E-state index is 0.000880. The normalized spacial score (nSPS) is 10.9. The number of aromatic amines is 1. The molecule has 0 spiro atoms. The van der Waals surface area contributed by atoms with Crippen molar-refractivity contribution in [1.82, 2.24) is 4.98 Å². The number of fused-ring (bicyclic) bond motifs is 1. The van der Waals surface area contributed by atoms with Crippen LogP contribution in [0.5, 0.6) is 0 Å². The zero-order valence-electron chi connectivity index (χ0n) is 8.51. The minimum atomic E-state index is -0.787. The number of aromatic nitrogens is 1. The van der Waals surface area contributed by atoms with Gasteiger partial charge in [0.05, 0.1) is 17.5 Å². The Morgan fingerprint density at radius 1 is 1.31 bits per heavy atom. The summed E-state index contributed by atoms with van der Waals surface area (Å²) in [5.74, 6) is -1.56. The van der Waals surface area contributed by atoms with Crippen molar-refractivity contribution in [3.63, 3.8) is 0 Å². The van der Waals surface area contributed by atoms with Crippen LogP contribution in [-0.2, 0) is 11.3 Å². The van der Waals surface area contributed by atoms with Gasteiger partial charge in [-0.15, -0.1) is 0 Å². The molecule has 0 aliphatic carbocycles. The fraction of sp³-hybridized carbons (Fsp3) is 0.182. The van der Waals surface area contributed by atoms with Crippen LogP contribution in [0.2, 0.25) is 0 Å². The third-order valence-corrected chi connectivity index (χ3v) is 2.21. The Morgan fingerprint density at radius 2 is 2.06 bits per heavy atom. The molecule has 16 heavy (non-hydrogen) atoms. The summed E-state index contributed by atoms with van der Waals surface area (Å²) < 4.78 is 31.1. The van der Waals surface area contributed by atoms with E-state index in [9.17, 15) is 13.6 Å². The van der Waals surface area contributed by atoms with Crippen molar-refractivity contribution in [3.05, 3.63) is 45.8 Å². The predicted molar refractivity (Wildman–Crippen MR) is 55.2 cm³/mol. The van der Waals surface area contributed by atoms with E-state index in [1.165, 1.54) is 13.2 Å². The van der Waals surface area contributed by atoms with E-state index in [4.69, 9.17) is 4.74 Å². The highest BCUT2D eigenvalue weighted by molar-refractivity contribution is 5.79. The van der Waals surface area contributed by atoms with Crippen LogP contribution in [0.1, 0.15) is 5.69 Å². The van der Waals surface area contributed by atoms with Crippen molar-refractivity contribution in [3.8, 4) is 0 Å². The standard InChI is InChI=1S/C11H9F2NO2/c1-16-5-7-4-10(15)8-2-6(12)3-9(13)11(8)14-7/h2-4H,5H2,1H3,(H,14,15). The van der Waals surface area contributed by atoms with Gasteiger partial charge in [-0.2, -0.15) is 0 Å². The van der Waals surface area contributed by atoms with Crippen molar-refractivity contribution in [1.29, 1.82) is 0 Å². The molecular formula is C11H9F2NO2. The van der Waals surface area contributed by atoms with Gasteiger partial charge in [0, 0.05) is 24.9 Å². The lowest BCUT2D eigenvalue weighted by Gasteiger charge is -2.04. The molecule has 0 unspecified atom stereocenters. The fourth-order valence-electron chi connectivity index (χ4n) is 1.56. The molecule has 0 aliphatic heterocycles. The molecule has 3 nitrogen and oxygen atoms in total. The van der Waals surface area contributed by atoms with Gasteiger partial charge in [0.25, 0.3) is 0 Å². The number of rotatable bonds is 2. The van der Waals surface area contributed by atoms with Crippen LogP contribution >= 0.6 is 0 Å². The number of H-pyrrole nitrogens is 1. The fourth-order valence-corrected chi connectivity index (χ4v) is 1.56. The summed E-state index contributed by atoms with van der Waals surface area (Å²) in [5, 5.41) is -0.00245. The molecule has 1 aromatic heterocycles. The number of halogens is 2. The van der Waals surface area contributed by atoms with Crippen molar-refractivity contribution in [2.45, 2.75) is 6.61 Å². The van der Waals surface area contributed by atoms with E-state index in [0.717, 1.165) is 12.1 Å². The molecule has 0 saturated carbocycles. The zero-order chi connectivity index (χ0) is 11.7. The van der Waals surface area contributed by atoms with Crippen molar-refractivity contribution in [2.75, 3.05) is 7.11 Å². The maximum atomic E-state index is 13.4. The van der Waals surface area contributed by atoms with Crippen molar-refractivity contribution < 1.29 is 13.5 Å². The van der Waals surface area contributed by atoms with Crippen molar-refractivity contribution in [2.24, 2.45) is 0 Å². The maximum Gasteiger partial charge on any atom is 0.189 e. The lowest BCUT2D eigenvalue weighted by atomic mass is 10.2. The third-order valence-electron chi connectivity index (χ3n) is 2.21. The number of methoxy groups -OCH3 is 1. The highest BCUT2D eigenvalue weighted by Crippen LogP contribution is 2.15. The van der Waals surface area contributed by atoms with Crippen LogP contribution < -0.4 is 5.43 Å². The van der Waals surface area contributed by atoms with E-state index in [0.29, 0.717) is 5.69 Å². The Bertz CT molecular complexity index is 592. The SMILES string of the molecule is COCc1cc(=O)c2cc(F)cc(F)c2[nH]1. The molecular weight excluding hydrogens is 216 g/mol. The molecule has 0 amide bonds. The van der Waals surface area contributed by atoms with Crippen LogP contribution in [-0.4, -0.2) is 12.1 Å². The summed E-state index contributed by atoms with van der Waals surface area (Å²) in [4.78, 5) is 14.3. The minimum Gasteiger partial charge on any atom is -0.378 e. The summed E-state index contributed by atoms with van der Waals surface area (Å²) in [6, 6.07) is 3.01. The number of pyridine rings is 1. The van der Waals surface area contributed by atoms with Gasteiger partial charge in [-0.1, -0.05) is 0 Å². The smallest absolute Gasteiger partial charge is 0.189 e. The van der Waals surface area contributed by atoms with Gasteiger partial charge in [0.1, 0.15) is 11.6 Å². The lowest BCUT2D eigenvalue weighted by molar-refractivity contribution is 0.181. The van der Waals surface area contributed by atoms with Crippen LogP contribution in [0, 0.1) is 11.6 Å². The molecule has 2 rings (SSSR count). The highest BCUT2D eigenvalue weighted by atomic mass is 19.1. The predicted octanol–water partition coefficient (Wildman–Crippen LogP) is 1.95. The molecule has 0 atom stereocenters. The number of benzene rings is 1. The Kier molecular flexibility index (Phi) is 2.70. The van der Waals surface area contributed by atoms with E-state index in [1.54, 1.807) is 0 Å². The number of hydrogen-bond acceptors (Lipinski definition) is 2. The molecule has 5 heteroatoms. The van der Waals surface area contributed by atoms with Gasteiger partial charge in [-0.05, 0) is 6.07 Å². The largest absolute Gasteiger partial charge is 0.378 e. The van der Waals surface area contributed by atoms with E-state index < -0.39 is 17.1 Å². The Labute approximate surface area is 89.7 Å². The first kappa shape index (κ1) is 10.8. The average Bonchev–Trinajstić information content (AvgIpc) is 2.20. The Morgan fingerprint density at radius 3 is 2.75 bits per heavy atom. The number of ether oxygens (including phenoxy) is 1. The highest BCUT2D eigenvalue weighted by Gasteiger charge is 2.08. The molecule has 1 heterocycles. The summed E-state index contributed by atoms with van der Waals surface area (Å²) in [6.45, 7) is 0.169. The van der Waals surface area contributed by atoms with Crippen molar-refractivity contribution >= 4 is 10.9 Å². The van der Waals surface area contributed by atoms with Gasteiger partial charge in [-0.3, -0.25) is 4.79 Å². The molecule has 84 valence electrons. The van der Waals surface area contributed by atoms with E-state index in [-0.39, 0.29) is 17.5 Å². The van der Waals surface area contributed by atoms with Crippen LogP contribution in [0.25, 0.3) is 10.9 Å². The van der Waals surface area contributed by atoms with Gasteiger partial charge < -0.3 is 9.72 Å². The molecule has 0 saturated heterocycles. The Hall–Kier alpha value is -1.75. The van der Waals surface area contributed by atoms with E-state index in [1.807, 2.05) is 0 Å². The quantitative estimate of drug-likeness (QED) is 0.848. The molecule has 1 aromatic carbocycles. The van der Waals surface area contributed by atoms with Crippen LogP contribution in [0.3, 0.4) is 0 Å². The second-order valence-electron chi connectivity index (χ2n) is 3.40. The number of hydrogen-bond donors (Lipinski definition) is 1. The monoisotopic (exact) mass is 225 g/mol. The molecule has 0 radical (unpaired) electrons. The summed E-state index contributed by atoms with van der Waals surface area (Å²) in [5.41, 5.74) is 0.0191. The van der Waals surface area contributed by atoms with E-state index >= 15 is 0 Å². The first-order valence-electron chi connectivity index (χ1n) is 4.61. The second kappa shape index (κ2) is 4.02. The zero-order valence-corrected chi connectivity index (χ0v) is 8.51. The van der Waals surface area contributed by atoms with Gasteiger partial charge in [-0.25, -0.2) is 8.78 Å². The molecule has 0 aliphatic rings. The average molecular weight is 225 g/mol. The summed E-state index contributed by atoms with van der Waals surface area (Å²) in [7, 11) is 1.46. The van der Waals surface area contributed by atoms with Crippen LogP contribution in [0.4, 0.5) is 8.78 Å². The van der Waals surface area contributed by atoms with Gasteiger partial charge in [0.15, 0.2) is 5.43 Å². The lowest BCUT2D eigenvalue weighted by Crippen LogP contribution is -2.07. The molecule has 2 aromatic rings. The third kappa shape index (κ3) is 1.81. The summed E-state index contributed by atoms with van der Waals surface area (Å²) in [6.07, 6.45) is 0. The molecule has 1 N–H and O–H groups in total. The maximum absolute atomic E-state index is 13.4. The van der Waals surface area contributed by atoms with Crippen LogP contribution in [0.15, 0.2) is 23.0 Å². The summed E-state index contributed by atoms with van der Waals surface area (Å²) >= 11 is 0. The first-order valence-corrected chi connectivity index (χ1v) is 4.61. The molecule has 0 bridgehead atoms. The Balaban J connectivity index is 2.77. The topological polar surface area (TPSA) is 42.1 Å². The van der Waals surface area contributed by atoms with Gasteiger partial charge >= 0.3 is 0 Å². The molecule has 0 fully saturated rings. The number of nitrogens with one attached hydrogen (secondary N) is 1. The second-order valence-corrected chi connectivity index (χ2v) is 3.40. The first-order chi connectivity index (χ1) is 7.61.